The Morgan fingerprint density at radius 1 is 1.28 bits per heavy atom. The van der Waals surface area contributed by atoms with Gasteiger partial charge < -0.3 is 9.88 Å². The monoisotopic (exact) mass is 339 g/mol. The van der Waals surface area contributed by atoms with Gasteiger partial charge in [-0.15, -0.1) is 0 Å². The Bertz CT molecular complexity index is 835. The van der Waals surface area contributed by atoms with Crippen LogP contribution in [-0.4, -0.2) is 32.2 Å². The van der Waals surface area contributed by atoms with Gasteiger partial charge >= 0.3 is 0 Å². The normalized spacial score (nSPS) is 12.6. The van der Waals surface area contributed by atoms with Gasteiger partial charge in [0.1, 0.15) is 11.9 Å². The Kier molecular flexibility index (Phi) is 5.16. The number of para-hydroxylation sites is 2. The molecule has 2 N–H and O–H groups in total. The molecule has 132 valence electrons. The number of carbonyl (C=O) groups is 1. The van der Waals surface area contributed by atoms with Crippen molar-refractivity contribution in [3.8, 4) is 0 Å². The van der Waals surface area contributed by atoms with Crippen LogP contribution in [0.1, 0.15) is 38.2 Å². The number of aromatic amines is 1. The van der Waals surface area contributed by atoms with Gasteiger partial charge in [0.25, 0.3) is 0 Å². The number of hydrogen-bond donors (Lipinski definition) is 2. The Labute approximate surface area is 147 Å². The first-order valence-electron chi connectivity index (χ1n) is 8.77. The second-order valence-corrected chi connectivity index (χ2v) is 6.81. The quantitative estimate of drug-likeness (QED) is 0.695. The van der Waals surface area contributed by atoms with E-state index in [0.717, 1.165) is 35.3 Å². The molecule has 2 heterocycles. The molecule has 1 atom stereocenters. The minimum Gasteiger partial charge on any atom is -0.354 e. The third-order valence-electron chi connectivity index (χ3n) is 4.29. The van der Waals surface area contributed by atoms with Crippen molar-refractivity contribution >= 4 is 16.9 Å². The Morgan fingerprint density at radius 3 is 2.80 bits per heavy atom. The SMILES string of the molecule is CC(C)Cc1nc2ccccc2n1[C@H](C)C(=O)NCCc1cn[nH]c1. The van der Waals surface area contributed by atoms with Gasteiger partial charge in [-0.05, 0) is 37.0 Å². The van der Waals surface area contributed by atoms with Crippen molar-refractivity contribution in [2.45, 2.75) is 39.7 Å². The summed E-state index contributed by atoms with van der Waals surface area (Å²) in [7, 11) is 0. The maximum Gasteiger partial charge on any atom is 0.242 e. The fraction of sp³-hybridized carbons (Fsp3) is 0.421. The van der Waals surface area contributed by atoms with E-state index >= 15 is 0 Å². The molecule has 0 fully saturated rings. The Hall–Kier alpha value is -2.63. The third-order valence-corrected chi connectivity index (χ3v) is 4.29. The molecule has 0 unspecified atom stereocenters. The van der Waals surface area contributed by atoms with E-state index in [1.165, 1.54) is 0 Å². The molecule has 25 heavy (non-hydrogen) atoms. The van der Waals surface area contributed by atoms with Crippen LogP contribution in [0.4, 0.5) is 0 Å². The minimum atomic E-state index is -0.300. The number of benzene rings is 1. The number of nitrogens with one attached hydrogen (secondary N) is 2. The first-order chi connectivity index (χ1) is 12.1. The van der Waals surface area contributed by atoms with E-state index < -0.39 is 0 Å². The van der Waals surface area contributed by atoms with Crippen molar-refractivity contribution in [1.29, 1.82) is 0 Å². The fourth-order valence-corrected chi connectivity index (χ4v) is 3.05. The smallest absolute Gasteiger partial charge is 0.242 e. The molecule has 0 aliphatic carbocycles. The van der Waals surface area contributed by atoms with Crippen LogP contribution in [0.5, 0.6) is 0 Å². The lowest BCUT2D eigenvalue weighted by Gasteiger charge is -2.18. The van der Waals surface area contributed by atoms with E-state index in [1.54, 1.807) is 6.20 Å². The molecular formula is C19H25N5O. The van der Waals surface area contributed by atoms with Crippen LogP contribution < -0.4 is 5.32 Å². The lowest BCUT2D eigenvalue weighted by molar-refractivity contribution is -0.123. The zero-order valence-electron chi connectivity index (χ0n) is 15.0. The predicted molar refractivity (Wildman–Crippen MR) is 98.3 cm³/mol. The van der Waals surface area contributed by atoms with E-state index in [-0.39, 0.29) is 11.9 Å². The van der Waals surface area contributed by atoms with Gasteiger partial charge in [-0.25, -0.2) is 4.98 Å². The maximum absolute atomic E-state index is 12.7. The zero-order chi connectivity index (χ0) is 17.8. The number of imidazole rings is 1. The molecule has 0 bridgehead atoms. The predicted octanol–water partition coefficient (Wildman–Crippen LogP) is 2.88. The third kappa shape index (κ3) is 3.90. The van der Waals surface area contributed by atoms with Gasteiger partial charge in [0, 0.05) is 19.2 Å². The molecular weight excluding hydrogens is 314 g/mol. The van der Waals surface area contributed by atoms with Gasteiger partial charge in [-0.1, -0.05) is 26.0 Å². The van der Waals surface area contributed by atoms with Crippen LogP contribution in [0.3, 0.4) is 0 Å². The molecule has 1 aromatic carbocycles. The highest BCUT2D eigenvalue weighted by Gasteiger charge is 2.21. The van der Waals surface area contributed by atoms with Crippen molar-refractivity contribution in [3.63, 3.8) is 0 Å². The number of hydrogen-bond acceptors (Lipinski definition) is 3. The summed E-state index contributed by atoms with van der Waals surface area (Å²) in [5.74, 6) is 1.46. The van der Waals surface area contributed by atoms with Crippen LogP contribution in [-0.2, 0) is 17.6 Å². The lowest BCUT2D eigenvalue weighted by Crippen LogP contribution is -2.33. The lowest BCUT2D eigenvalue weighted by atomic mass is 10.1. The van der Waals surface area contributed by atoms with Crippen molar-refractivity contribution in [2.24, 2.45) is 5.92 Å². The van der Waals surface area contributed by atoms with Crippen LogP contribution >= 0.6 is 0 Å². The summed E-state index contributed by atoms with van der Waals surface area (Å²) in [5.41, 5.74) is 3.04. The van der Waals surface area contributed by atoms with E-state index in [4.69, 9.17) is 4.98 Å². The molecule has 0 radical (unpaired) electrons. The molecule has 0 aliphatic heterocycles. The summed E-state index contributed by atoms with van der Waals surface area (Å²) in [6.45, 7) is 6.86. The van der Waals surface area contributed by atoms with Crippen LogP contribution in [0.15, 0.2) is 36.7 Å². The standard InChI is InChI=1S/C19H25N5O/c1-13(2)10-18-23-16-6-4-5-7-17(16)24(18)14(3)19(25)20-9-8-15-11-21-22-12-15/h4-7,11-14H,8-10H2,1-3H3,(H,20,25)(H,21,22)/t14-/m1/s1. The van der Waals surface area contributed by atoms with Gasteiger partial charge in [0.05, 0.1) is 17.2 Å². The summed E-state index contributed by atoms with van der Waals surface area (Å²) in [6, 6.07) is 7.70. The Balaban J connectivity index is 1.77. The summed E-state index contributed by atoms with van der Waals surface area (Å²) in [6.07, 6.45) is 5.24. The summed E-state index contributed by atoms with van der Waals surface area (Å²) < 4.78 is 2.07. The van der Waals surface area contributed by atoms with Gasteiger partial charge in [0.15, 0.2) is 0 Å². The number of rotatable bonds is 7. The zero-order valence-corrected chi connectivity index (χ0v) is 15.0. The summed E-state index contributed by atoms with van der Waals surface area (Å²) >= 11 is 0. The summed E-state index contributed by atoms with van der Waals surface area (Å²) in [4.78, 5) is 17.4. The average molecular weight is 339 g/mol. The molecule has 0 spiro atoms. The van der Waals surface area contributed by atoms with Crippen molar-refractivity contribution < 1.29 is 4.79 Å². The topological polar surface area (TPSA) is 75.6 Å². The molecule has 0 saturated carbocycles. The molecule has 2 aromatic heterocycles. The van der Waals surface area contributed by atoms with E-state index in [2.05, 4.69) is 33.9 Å². The molecule has 6 heteroatoms. The summed E-state index contributed by atoms with van der Waals surface area (Å²) in [5, 5.41) is 9.73. The van der Waals surface area contributed by atoms with Crippen LogP contribution in [0, 0.1) is 5.92 Å². The van der Waals surface area contributed by atoms with Crippen molar-refractivity contribution in [3.05, 3.63) is 48.0 Å². The number of fused-ring (bicyclic) bond motifs is 1. The van der Waals surface area contributed by atoms with Crippen LogP contribution in [0.2, 0.25) is 0 Å². The number of aromatic nitrogens is 4. The second kappa shape index (κ2) is 7.51. The largest absolute Gasteiger partial charge is 0.354 e. The number of H-pyrrole nitrogens is 1. The van der Waals surface area contributed by atoms with Crippen molar-refractivity contribution in [1.82, 2.24) is 25.1 Å². The van der Waals surface area contributed by atoms with Gasteiger partial charge in [-0.2, -0.15) is 5.10 Å². The van der Waals surface area contributed by atoms with Gasteiger partial charge in [-0.3, -0.25) is 9.89 Å². The Morgan fingerprint density at radius 2 is 2.08 bits per heavy atom. The average Bonchev–Trinajstić information content (AvgIpc) is 3.20. The number of carbonyl (C=O) groups excluding carboxylic acids is 1. The molecule has 3 rings (SSSR count). The molecule has 0 aliphatic rings. The van der Waals surface area contributed by atoms with E-state index in [1.807, 2.05) is 37.4 Å². The van der Waals surface area contributed by atoms with Crippen molar-refractivity contribution in [2.75, 3.05) is 6.54 Å². The fourth-order valence-electron chi connectivity index (χ4n) is 3.05. The highest BCUT2D eigenvalue weighted by atomic mass is 16.2. The highest BCUT2D eigenvalue weighted by molar-refractivity contribution is 5.84. The number of amides is 1. The first-order valence-corrected chi connectivity index (χ1v) is 8.77. The molecule has 6 nitrogen and oxygen atoms in total. The molecule has 0 saturated heterocycles. The maximum atomic E-state index is 12.7. The molecule has 1 amide bonds. The van der Waals surface area contributed by atoms with E-state index in [9.17, 15) is 4.79 Å². The number of nitrogens with zero attached hydrogens (tertiary/aromatic N) is 3. The first kappa shape index (κ1) is 17.2. The minimum absolute atomic E-state index is 0.0108. The van der Waals surface area contributed by atoms with Crippen LogP contribution in [0.25, 0.3) is 11.0 Å². The second-order valence-electron chi connectivity index (χ2n) is 6.81. The van der Waals surface area contributed by atoms with E-state index in [0.29, 0.717) is 12.5 Å². The molecule has 3 aromatic rings. The highest BCUT2D eigenvalue weighted by Crippen LogP contribution is 2.23. The van der Waals surface area contributed by atoms with Gasteiger partial charge in [0.2, 0.25) is 5.91 Å².